The molecule has 1 aliphatic heterocycles. The molecular formula is C21H21N7O2. The van der Waals surface area contributed by atoms with Gasteiger partial charge in [0.25, 0.3) is 0 Å². The number of hydrogen-bond donors (Lipinski definition) is 0. The van der Waals surface area contributed by atoms with Crippen LogP contribution in [0.2, 0.25) is 0 Å². The van der Waals surface area contributed by atoms with Crippen LogP contribution in [0.5, 0.6) is 0 Å². The molecule has 0 spiro atoms. The Labute approximate surface area is 172 Å². The molecule has 3 aromatic heterocycles. The Hall–Kier alpha value is -3.75. The van der Waals surface area contributed by atoms with E-state index in [-0.39, 0.29) is 12.3 Å². The van der Waals surface area contributed by atoms with Gasteiger partial charge in [0.15, 0.2) is 17.2 Å². The van der Waals surface area contributed by atoms with E-state index in [2.05, 4.69) is 25.2 Å². The van der Waals surface area contributed by atoms with Gasteiger partial charge in [0.1, 0.15) is 11.5 Å². The maximum absolute atomic E-state index is 12.7. The Morgan fingerprint density at radius 1 is 1.03 bits per heavy atom. The number of imidazole rings is 1. The highest BCUT2D eigenvalue weighted by Crippen LogP contribution is 2.20. The lowest BCUT2D eigenvalue weighted by molar-refractivity contribution is -0.130. The smallest absolute Gasteiger partial charge is 0.228 e. The molecule has 1 amide bonds. The standard InChI is InChI=1S/C21H21N7O2/c1-15-22-8-9-28(15)20-7-6-19(23-24-20)26-10-12-27(13-11-26)21(29)14-17-16-4-2-3-5-18(16)30-25-17/h2-9H,10-14H2,1H3. The molecule has 4 aromatic rings. The zero-order valence-corrected chi connectivity index (χ0v) is 16.6. The molecule has 0 N–H and O–H groups in total. The van der Waals surface area contributed by atoms with E-state index >= 15 is 0 Å². The van der Waals surface area contributed by atoms with E-state index in [0.717, 1.165) is 22.8 Å². The second-order valence-electron chi connectivity index (χ2n) is 7.26. The fraction of sp³-hybridized carbons (Fsp3) is 0.286. The van der Waals surface area contributed by atoms with Crippen molar-refractivity contribution in [3.8, 4) is 5.82 Å². The third-order valence-corrected chi connectivity index (χ3v) is 5.44. The first-order valence-corrected chi connectivity index (χ1v) is 9.89. The zero-order chi connectivity index (χ0) is 20.5. The topological polar surface area (TPSA) is 93.2 Å². The van der Waals surface area contributed by atoms with Crippen molar-refractivity contribution in [1.82, 2.24) is 29.8 Å². The van der Waals surface area contributed by atoms with Crippen molar-refractivity contribution in [1.29, 1.82) is 0 Å². The summed E-state index contributed by atoms with van der Waals surface area (Å²) in [7, 11) is 0. The van der Waals surface area contributed by atoms with Crippen molar-refractivity contribution in [2.75, 3.05) is 31.1 Å². The van der Waals surface area contributed by atoms with Crippen LogP contribution in [0.4, 0.5) is 5.82 Å². The summed E-state index contributed by atoms with van der Waals surface area (Å²) in [6.45, 7) is 4.62. The van der Waals surface area contributed by atoms with Crippen molar-refractivity contribution in [3.63, 3.8) is 0 Å². The van der Waals surface area contributed by atoms with Crippen molar-refractivity contribution in [2.24, 2.45) is 0 Å². The maximum atomic E-state index is 12.7. The SMILES string of the molecule is Cc1nccn1-c1ccc(N2CCN(C(=O)Cc3noc4ccccc34)CC2)nn1. The summed E-state index contributed by atoms with van der Waals surface area (Å²) in [4.78, 5) is 21.0. The molecule has 152 valence electrons. The van der Waals surface area contributed by atoms with Crippen molar-refractivity contribution < 1.29 is 9.32 Å². The van der Waals surface area contributed by atoms with Crippen LogP contribution in [-0.2, 0) is 11.2 Å². The first kappa shape index (κ1) is 18.3. The van der Waals surface area contributed by atoms with Crippen LogP contribution in [0, 0.1) is 6.92 Å². The number of rotatable bonds is 4. The Morgan fingerprint density at radius 3 is 2.53 bits per heavy atom. The number of hydrogen-bond acceptors (Lipinski definition) is 7. The molecule has 0 radical (unpaired) electrons. The largest absolute Gasteiger partial charge is 0.356 e. The summed E-state index contributed by atoms with van der Waals surface area (Å²) in [5.74, 6) is 2.48. The molecule has 9 heteroatoms. The molecule has 9 nitrogen and oxygen atoms in total. The number of anilines is 1. The number of amides is 1. The van der Waals surface area contributed by atoms with Crippen LogP contribution in [0.1, 0.15) is 11.5 Å². The molecule has 4 heterocycles. The predicted molar refractivity (Wildman–Crippen MR) is 110 cm³/mol. The van der Waals surface area contributed by atoms with Gasteiger partial charge in [-0.05, 0) is 31.2 Å². The molecule has 0 aliphatic carbocycles. The number of fused-ring (bicyclic) bond motifs is 1. The summed E-state index contributed by atoms with van der Waals surface area (Å²) in [6, 6.07) is 11.5. The second kappa shape index (κ2) is 7.58. The third-order valence-electron chi connectivity index (χ3n) is 5.44. The van der Waals surface area contributed by atoms with Gasteiger partial charge >= 0.3 is 0 Å². The maximum Gasteiger partial charge on any atom is 0.228 e. The number of nitrogens with zero attached hydrogens (tertiary/aromatic N) is 7. The van der Waals surface area contributed by atoms with Gasteiger partial charge in [-0.2, -0.15) is 0 Å². The van der Waals surface area contributed by atoms with Gasteiger partial charge in [0.2, 0.25) is 5.91 Å². The molecule has 1 fully saturated rings. The quantitative estimate of drug-likeness (QED) is 0.514. The number of para-hydroxylation sites is 1. The highest BCUT2D eigenvalue weighted by atomic mass is 16.5. The number of aryl methyl sites for hydroxylation is 1. The third kappa shape index (κ3) is 3.38. The predicted octanol–water partition coefficient (Wildman–Crippen LogP) is 2.00. The molecule has 0 atom stereocenters. The number of aromatic nitrogens is 5. The normalized spacial score (nSPS) is 14.4. The van der Waals surface area contributed by atoms with E-state index in [4.69, 9.17) is 4.52 Å². The van der Waals surface area contributed by atoms with Crippen LogP contribution in [0.3, 0.4) is 0 Å². The fourth-order valence-electron chi connectivity index (χ4n) is 3.74. The number of carbonyl (C=O) groups is 1. The molecular weight excluding hydrogens is 382 g/mol. The molecule has 1 aromatic carbocycles. The average molecular weight is 403 g/mol. The lowest BCUT2D eigenvalue weighted by Gasteiger charge is -2.35. The number of carbonyl (C=O) groups excluding carboxylic acids is 1. The van der Waals surface area contributed by atoms with Gasteiger partial charge in [-0.1, -0.05) is 17.3 Å². The van der Waals surface area contributed by atoms with Crippen LogP contribution in [0.15, 0.2) is 53.3 Å². The number of benzene rings is 1. The fourth-order valence-corrected chi connectivity index (χ4v) is 3.74. The van der Waals surface area contributed by atoms with Crippen molar-refractivity contribution >= 4 is 22.7 Å². The van der Waals surface area contributed by atoms with Crippen LogP contribution in [-0.4, -0.2) is 61.9 Å². The van der Waals surface area contributed by atoms with Gasteiger partial charge in [0, 0.05) is 44.0 Å². The van der Waals surface area contributed by atoms with Crippen LogP contribution in [0.25, 0.3) is 16.8 Å². The minimum atomic E-state index is 0.0609. The summed E-state index contributed by atoms with van der Waals surface area (Å²) in [5, 5.41) is 13.7. The van der Waals surface area contributed by atoms with Gasteiger partial charge < -0.3 is 14.3 Å². The average Bonchev–Trinajstić information content (AvgIpc) is 3.40. The van der Waals surface area contributed by atoms with Crippen molar-refractivity contribution in [2.45, 2.75) is 13.3 Å². The summed E-state index contributed by atoms with van der Waals surface area (Å²) in [5.41, 5.74) is 1.40. The Morgan fingerprint density at radius 2 is 1.80 bits per heavy atom. The minimum Gasteiger partial charge on any atom is -0.356 e. The van der Waals surface area contributed by atoms with Gasteiger partial charge in [-0.15, -0.1) is 10.2 Å². The summed E-state index contributed by atoms with van der Waals surface area (Å²) in [6.07, 6.45) is 3.85. The Kier molecular flexibility index (Phi) is 4.62. The van der Waals surface area contributed by atoms with Crippen LogP contribution < -0.4 is 4.90 Å². The van der Waals surface area contributed by atoms with E-state index in [1.807, 2.05) is 59.0 Å². The lowest BCUT2D eigenvalue weighted by atomic mass is 10.1. The van der Waals surface area contributed by atoms with E-state index in [0.29, 0.717) is 37.5 Å². The van der Waals surface area contributed by atoms with E-state index in [1.54, 1.807) is 6.20 Å². The first-order valence-electron chi connectivity index (χ1n) is 9.89. The molecule has 0 unspecified atom stereocenters. The van der Waals surface area contributed by atoms with Gasteiger partial charge in [-0.3, -0.25) is 9.36 Å². The first-order chi connectivity index (χ1) is 14.7. The molecule has 1 saturated heterocycles. The highest BCUT2D eigenvalue weighted by Gasteiger charge is 2.23. The monoisotopic (exact) mass is 403 g/mol. The van der Waals surface area contributed by atoms with Crippen molar-refractivity contribution in [3.05, 3.63) is 60.3 Å². The minimum absolute atomic E-state index is 0.0609. The molecule has 1 aliphatic rings. The van der Waals surface area contributed by atoms with E-state index < -0.39 is 0 Å². The highest BCUT2D eigenvalue weighted by molar-refractivity contribution is 5.86. The molecule has 5 rings (SSSR count). The molecule has 30 heavy (non-hydrogen) atoms. The van der Waals surface area contributed by atoms with Crippen LogP contribution >= 0.6 is 0 Å². The van der Waals surface area contributed by atoms with E-state index in [9.17, 15) is 4.79 Å². The van der Waals surface area contributed by atoms with Gasteiger partial charge in [-0.25, -0.2) is 4.98 Å². The molecule has 0 saturated carbocycles. The molecule has 0 bridgehead atoms. The zero-order valence-electron chi connectivity index (χ0n) is 16.6. The Bertz CT molecular complexity index is 1170. The summed E-state index contributed by atoms with van der Waals surface area (Å²) < 4.78 is 7.20. The lowest BCUT2D eigenvalue weighted by Crippen LogP contribution is -2.49. The van der Waals surface area contributed by atoms with E-state index in [1.165, 1.54) is 0 Å². The summed E-state index contributed by atoms with van der Waals surface area (Å²) >= 11 is 0. The number of piperazine rings is 1. The van der Waals surface area contributed by atoms with Gasteiger partial charge in [0.05, 0.1) is 6.42 Å². The second-order valence-corrected chi connectivity index (χ2v) is 7.26. The Balaban J connectivity index is 1.21.